The van der Waals surface area contributed by atoms with E-state index in [1.165, 1.54) is 0 Å². The number of aliphatic hydroxyl groups is 1. The molecule has 1 N–H and O–H groups in total. The van der Waals surface area contributed by atoms with Crippen molar-refractivity contribution in [3.8, 4) is 0 Å². The van der Waals surface area contributed by atoms with Crippen LogP contribution < -0.4 is 0 Å². The monoisotopic (exact) mass is 158 g/mol. The third kappa shape index (κ3) is 7.56. The summed E-state index contributed by atoms with van der Waals surface area (Å²) < 4.78 is 5.39. The second kappa shape index (κ2) is 7.76. The summed E-state index contributed by atoms with van der Waals surface area (Å²) in [6.45, 7) is 5.00. The van der Waals surface area contributed by atoms with Crippen LogP contribution in [-0.4, -0.2) is 24.4 Å². The number of aliphatic hydroxyl groups excluding tert-OH is 1. The maximum Gasteiger partial charge on any atom is 0.0727 e. The zero-order valence-corrected chi connectivity index (χ0v) is 7.42. The van der Waals surface area contributed by atoms with Gasteiger partial charge in [-0.25, -0.2) is 0 Å². The SMILES string of the molecule is C/C=C\C(C)OCCCCO. The van der Waals surface area contributed by atoms with Gasteiger partial charge in [-0.3, -0.25) is 0 Å². The predicted molar refractivity (Wildman–Crippen MR) is 46.5 cm³/mol. The number of ether oxygens (including phenoxy) is 1. The van der Waals surface area contributed by atoms with Gasteiger partial charge in [0.15, 0.2) is 0 Å². The van der Waals surface area contributed by atoms with E-state index in [0.717, 1.165) is 19.4 Å². The van der Waals surface area contributed by atoms with Crippen molar-refractivity contribution in [1.82, 2.24) is 0 Å². The van der Waals surface area contributed by atoms with E-state index >= 15 is 0 Å². The highest BCUT2D eigenvalue weighted by Crippen LogP contribution is 1.95. The quantitative estimate of drug-likeness (QED) is 0.471. The molecule has 2 nitrogen and oxygen atoms in total. The Kier molecular flexibility index (Phi) is 7.52. The molecular formula is C9H18O2. The number of unbranched alkanes of at least 4 members (excludes halogenated alkanes) is 1. The van der Waals surface area contributed by atoms with Crippen molar-refractivity contribution in [1.29, 1.82) is 0 Å². The Morgan fingerprint density at radius 2 is 2.18 bits per heavy atom. The van der Waals surface area contributed by atoms with Crippen molar-refractivity contribution in [2.75, 3.05) is 13.2 Å². The fourth-order valence-electron chi connectivity index (χ4n) is 0.810. The molecule has 0 heterocycles. The predicted octanol–water partition coefficient (Wildman–Crippen LogP) is 1.74. The average molecular weight is 158 g/mol. The highest BCUT2D eigenvalue weighted by molar-refractivity contribution is 4.83. The molecule has 0 radical (unpaired) electrons. The van der Waals surface area contributed by atoms with Gasteiger partial charge in [0.2, 0.25) is 0 Å². The molecule has 66 valence electrons. The maximum atomic E-state index is 8.47. The second-order valence-electron chi connectivity index (χ2n) is 2.53. The van der Waals surface area contributed by atoms with Crippen LogP contribution in [0.1, 0.15) is 26.7 Å². The lowest BCUT2D eigenvalue weighted by Crippen LogP contribution is -2.05. The Hall–Kier alpha value is -0.340. The van der Waals surface area contributed by atoms with Gasteiger partial charge in [-0.05, 0) is 26.7 Å². The molecule has 0 aliphatic rings. The van der Waals surface area contributed by atoms with Crippen molar-refractivity contribution in [2.45, 2.75) is 32.8 Å². The van der Waals surface area contributed by atoms with Crippen LogP contribution in [0.3, 0.4) is 0 Å². The molecule has 2 heteroatoms. The summed E-state index contributed by atoms with van der Waals surface area (Å²) in [5.74, 6) is 0. The third-order valence-electron chi connectivity index (χ3n) is 1.40. The van der Waals surface area contributed by atoms with Crippen molar-refractivity contribution in [2.24, 2.45) is 0 Å². The van der Waals surface area contributed by atoms with E-state index in [4.69, 9.17) is 9.84 Å². The van der Waals surface area contributed by atoms with E-state index in [9.17, 15) is 0 Å². The summed E-state index contributed by atoms with van der Waals surface area (Å²) in [4.78, 5) is 0. The van der Waals surface area contributed by atoms with Gasteiger partial charge >= 0.3 is 0 Å². The molecule has 0 saturated carbocycles. The molecule has 0 aromatic rings. The number of allylic oxidation sites excluding steroid dienone is 1. The van der Waals surface area contributed by atoms with E-state index in [1.807, 2.05) is 26.0 Å². The molecule has 0 rings (SSSR count). The Morgan fingerprint density at radius 3 is 2.73 bits per heavy atom. The van der Waals surface area contributed by atoms with E-state index in [2.05, 4.69) is 0 Å². The van der Waals surface area contributed by atoms with Crippen LogP contribution in [0.15, 0.2) is 12.2 Å². The molecule has 11 heavy (non-hydrogen) atoms. The minimum absolute atomic E-state index is 0.207. The first-order chi connectivity index (χ1) is 5.31. The van der Waals surface area contributed by atoms with Crippen molar-refractivity contribution >= 4 is 0 Å². The van der Waals surface area contributed by atoms with E-state index < -0.39 is 0 Å². The molecule has 0 amide bonds. The second-order valence-corrected chi connectivity index (χ2v) is 2.53. The van der Waals surface area contributed by atoms with Gasteiger partial charge in [0.1, 0.15) is 0 Å². The lowest BCUT2D eigenvalue weighted by Gasteiger charge is -2.07. The first-order valence-electron chi connectivity index (χ1n) is 4.16. The molecule has 0 fully saturated rings. The van der Waals surface area contributed by atoms with Crippen molar-refractivity contribution < 1.29 is 9.84 Å². The topological polar surface area (TPSA) is 29.5 Å². The summed E-state index contributed by atoms with van der Waals surface area (Å²) in [6, 6.07) is 0. The van der Waals surface area contributed by atoms with E-state index in [0.29, 0.717) is 0 Å². The minimum atomic E-state index is 0.207. The average Bonchev–Trinajstić information content (AvgIpc) is 1.99. The Balaban J connectivity index is 3.10. The molecule has 0 saturated heterocycles. The molecular weight excluding hydrogens is 140 g/mol. The van der Waals surface area contributed by atoms with Crippen LogP contribution in [-0.2, 0) is 4.74 Å². The van der Waals surface area contributed by atoms with Crippen LogP contribution in [0.5, 0.6) is 0 Å². The Labute approximate surface area is 68.9 Å². The molecule has 0 aromatic carbocycles. The summed E-state index contributed by atoms with van der Waals surface area (Å²) in [6.07, 6.45) is 5.98. The number of hydrogen-bond donors (Lipinski definition) is 1. The van der Waals surface area contributed by atoms with Gasteiger partial charge in [-0.2, -0.15) is 0 Å². The van der Waals surface area contributed by atoms with Gasteiger partial charge in [0.05, 0.1) is 6.10 Å². The van der Waals surface area contributed by atoms with Crippen LogP contribution in [0.2, 0.25) is 0 Å². The smallest absolute Gasteiger partial charge is 0.0727 e. The molecule has 0 bridgehead atoms. The largest absolute Gasteiger partial charge is 0.396 e. The summed E-state index contributed by atoms with van der Waals surface area (Å²) in [5.41, 5.74) is 0. The number of rotatable bonds is 6. The van der Waals surface area contributed by atoms with Gasteiger partial charge in [0, 0.05) is 13.2 Å². The molecule has 1 atom stereocenters. The van der Waals surface area contributed by atoms with Gasteiger partial charge < -0.3 is 9.84 Å². The first-order valence-corrected chi connectivity index (χ1v) is 4.16. The van der Waals surface area contributed by atoms with Gasteiger partial charge in [-0.15, -0.1) is 0 Å². The van der Waals surface area contributed by atoms with Crippen molar-refractivity contribution in [3.63, 3.8) is 0 Å². The minimum Gasteiger partial charge on any atom is -0.396 e. The van der Waals surface area contributed by atoms with Crippen molar-refractivity contribution in [3.05, 3.63) is 12.2 Å². The summed E-state index contributed by atoms with van der Waals surface area (Å²) in [7, 11) is 0. The standard InChI is InChI=1S/C9H18O2/c1-3-6-9(2)11-8-5-4-7-10/h3,6,9-10H,4-5,7-8H2,1-2H3/b6-3-. The van der Waals surface area contributed by atoms with Crippen LogP contribution >= 0.6 is 0 Å². The zero-order valence-electron chi connectivity index (χ0n) is 7.42. The molecule has 0 spiro atoms. The van der Waals surface area contributed by atoms with Crippen LogP contribution in [0.4, 0.5) is 0 Å². The Bertz CT molecular complexity index is 99.7. The fourth-order valence-corrected chi connectivity index (χ4v) is 0.810. The van der Waals surface area contributed by atoms with Crippen LogP contribution in [0.25, 0.3) is 0 Å². The van der Waals surface area contributed by atoms with E-state index in [-0.39, 0.29) is 12.7 Å². The van der Waals surface area contributed by atoms with Crippen LogP contribution in [0, 0.1) is 0 Å². The Morgan fingerprint density at radius 1 is 1.45 bits per heavy atom. The third-order valence-corrected chi connectivity index (χ3v) is 1.40. The lowest BCUT2D eigenvalue weighted by atomic mass is 10.3. The lowest BCUT2D eigenvalue weighted by molar-refractivity contribution is 0.0907. The first kappa shape index (κ1) is 10.7. The highest BCUT2D eigenvalue weighted by atomic mass is 16.5. The number of hydrogen-bond acceptors (Lipinski definition) is 2. The molecule has 0 aliphatic heterocycles. The highest BCUT2D eigenvalue weighted by Gasteiger charge is 1.94. The molecule has 1 unspecified atom stereocenters. The molecule has 0 aromatic heterocycles. The van der Waals surface area contributed by atoms with E-state index in [1.54, 1.807) is 0 Å². The zero-order chi connectivity index (χ0) is 8.53. The van der Waals surface area contributed by atoms with Gasteiger partial charge in [0.25, 0.3) is 0 Å². The fraction of sp³-hybridized carbons (Fsp3) is 0.778. The molecule has 0 aliphatic carbocycles. The van der Waals surface area contributed by atoms with Gasteiger partial charge in [-0.1, -0.05) is 12.2 Å². The maximum absolute atomic E-state index is 8.47. The normalized spacial score (nSPS) is 14.1. The summed E-state index contributed by atoms with van der Waals surface area (Å²) >= 11 is 0. The summed E-state index contributed by atoms with van der Waals surface area (Å²) in [5, 5.41) is 8.47.